The van der Waals surface area contributed by atoms with Crippen molar-refractivity contribution in [3.8, 4) is 0 Å². The van der Waals surface area contributed by atoms with Crippen molar-refractivity contribution in [2.75, 3.05) is 0 Å². The molecule has 0 aromatic heterocycles. The molecule has 0 saturated carbocycles. The third kappa shape index (κ3) is 2.00. The van der Waals surface area contributed by atoms with Gasteiger partial charge in [-0.3, -0.25) is 0 Å². The van der Waals surface area contributed by atoms with Gasteiger partial charge in [0.05, 0.1) is 0 Å². The molecule has 0 N–H and O–H groups in total. The van der Waals surface area contributed by atoms with E-state index in [0.717, 1.165) is 6.42 Å². The topological polar surface area (TPSA) is 3.24 Å². The van der Waals surface area contributed by atoms with Gasteiger partial charge in [0.25, 0.3) is 0 Å². The van der Waals surface area contributed by atoms with E-state index in [2.05, 4.69) is 56.2 Å². The van der Waals surface area contributed by atoms with Crippen LogP contribution in [0.3, 0.4) is 0 Å². The number of allylic oxidation sites excluding steroid dienone is 4. The summed E-state index contributed by atoms with van der Waals surface area (Å²) in [6.45, 7) is 6.52. The van der Waals surface area contributed by atoms with E-state index in [1.807, 2.05) is 0 Å². The average molecular weight is 163 g/mol. The van der Waals surface area contributed by atoms with Gasteiger partial charge in [0, 0.05) is 17.9 Å². The lowest BCUT2D eigenvalue weighted by Crippen LogP contribution is -2.25. The Bertz CT molecular complexity index is 223. The van der Waals surface area contributed by atoms with Crippen LogP contribution >= 0.6 is 0 Å². The highest BCUT2D eigenvalue weighted by Crippen LogP contribution is 2.14. The van der Waals surface area contributed by atoms with Crippen molar-refractivity contribution in [3.05, 3.63) is 36.2 Å². The number of hydrogen-bond acceptors (Lipinski definition) is 1. The second kappa shape index (κ2) is 4.15. The Morgan fingerprint density at radius 3 is 2.83 bits per heavy atom. The summed E-state index contributed by atoms with van der Waals surface area (Å²) in [5, 5.41) is 0. The summed E-state index contributed by atoms with van der Waals surface area (Å²) in [6.07, 6.45) is 11.9. The molecule has 1 rings (SSSR count). The largest absolute Gasteiger partial charge is 0.346 e. The minimum absolute atomic E-state index is 0.498. The summed E-state index contributed by atoms with van der Waals surface area (Å²) in [5.74, 6) is 0. The molecule has 1 heterocycles. The van der Waals surface area contributed by atoms with Crippen LogP contribution in [0.2, 0.25) is 0 Å². The lowest BCUT2D eigenvalue weighted by molar-refractivity contribution is 0.411. The van der Waals surface area contributed by atoms with Gasteiger partial charge in [-0.1, -0.05) is 25.2 Å². The monoisotopic (exact) mass is 163 g/mol. The number of rotatable bonds is 2. The molecule has 1 heteroatoms. The molecule has 66 valence electrons. The van der Waals surface area contributed by atoms with E-state index in [1.165, 1.54) is 5.70 Å². The molecule has 0 bridgehead atoms. The lowest BCUT2D eigenvalue weighted by Gasteiger charge is -2.28. The third-order valence-corrected chi connectivity index (χ3v) is 2.09. The first kappa shape index (κ1) is 9.11. The quantitative estimate of drug-likeness (QED) is 0.604. The van der Waals surface area contributed by atoms with E-state index in [4.69, 9.17) is 0 Å². The molecule has 1 nitrogen and oxygen atoms in total. The maximum absolute atomic E-state index is 2.28. The molecule has 0 aromatic carbocycles. The van der Waals surface area contributed by atoms with Gasteiger partial charge in [-0.15, -0.1) is 0 Å². The molecule has 1 aliphatic rings. The van der Waals surface area contributed by atoms with E-state index in [9.17, 15) is 0 Å². The van der Waals surface area contributed by atoms with Gasteiger partial charge in [-0.05, 0) is 26.3 Å². The molecule has 0 aromatic rings. The second-order valence-corrected chi connectivity index (χ2v) is 3.13. The van der Waals surface area contributed by atoms with Gasteiger partial charge in [0.15, 0.2) is 0 Å². The third-order valence-electron chi connectivity index (χ3n) is 2.09. The van der Waals surface area contributed by atoms with Crippen LogP contribution in [0.15, 0.2) is 36.2 Å². The molecule has 1 atom stereocenters. The van der Waals surface area contributed by atoms with Crippen LogP contribution in [0, 0.1) is 0 Å². The molecule has 1 aliphatic heterocycles. The lowest BCUT2D eigenvalue weighted by atomic mass is 10.2. The van der Waals surface area contributed by atoms with Crippen LogP contribution in [-0.2, 0) is 0 Å². The summed E-state index contributed by atoms with van der Waals surface area (Å²) in [7, 11) is 0. The van der Waals surface area contributed by atoms with Gasteiger partial charge < -0.3 is 4.90 Å². The van der Waals surface area contributed by atoms with E-state index in [0.29, 0.717) is 6.04 Å². The Labute approximate surface area is 75.1 Å². The van der Waals surface area contributed by atoms with Crippen LogP contribution < -0.4 is 0 Å². The van der Waals surface area contributed by atoms with Crippen molar-refractivity contribution in [2.45, 2.75) is 33.2 Å². The van der Waals surface area contributed by atoms with Crippen molar-refractivity contribution < 1.29 is 0 Å². The van der Waals surface area contributed by atoms with Crippen molar-refractivity contribution in [1.29, 1.82) is 0 Å². The van der Waals surface area contributed by atoms with E-state index in [-0.39, 0.29) is 0 Å². The summed E-state index contributed by atoms with van der Waals surface area (Å²) in [6, 6.07) is 0.498. The molecule has 0 amide bonds. The zero-order valence-electron chi connectivity index (χ0n) is 8.12. The fourth-order valence-corrected chi connectivity index (χ4v) is 1.44. The molecule has 0 saturated heterocycles. The highest BCUT2D eigenvalue weighted by Gasteiger charge is 2.09. The summed E-state index contributed by atoms with van der Waals surface area (Å²) in [4.78, 5) is 2.28. The van der Waals surface area contributed by atoms with E-state index in [1.54, 1.807) is 0 Å². The molecule has 0 spiro atoms. The van der Waals surface area contributed by atoms with Crippen LogP contribution in [-0.4, -0.2) is 10.9 Å². The minimum Gasteiger partial charge on any atom is -0.346 e. The molecule has 0 radical (unpaired) electrons. The van der Waals surface area contributed by atoms with Gasteiger partial charge in [-0.2, -0.15) is 0 Å². The fourth-order valence-electron chi connectivity index (χ4n) is 1.44. The van der Waals surface area contributed by atoms with Crippen molar-refractivity contribution in [2.24, 2.45) is 0 Å². The van der Waals surface area contributed by atoms with Crippen LogP contribution in [0.25, 0.3) is 0 Å². The maximum Gasteiger partial charge on any atom is 0.0487 e. The Morgan fingerprint density at radius 1 is 1.50 bits per heavy atom. The fraction of sp³-hybridized carbons (Fsp3) is 0.455. The van der Waals surface area contributed by atoms with E-state index < -0.39 is 0 Å². The highest BCUT2D eigenvalue weighted by atomic mass is 15.1. The number of nitrogens with zero attached hydrogens (tertiary/aromatic N) is 1. The average Bonchev–Trinajstić information content (AvgIpc) is 2.05. The van der Waals surface area contributed by atoms with Gasteiger partial charge >= 0.3 is 0 Å². The van der Waals surface area contributed by atoms with Crippen molar-refractivity contribution >= 4 is 0 Å². The highest BCUT2D eigenvalue weighted by molar-refractivity contribution is 5.18. The Balaban J connectivity index is 2.69. The van der Waals surface area contributed by atoms with Crippen molar-refractivity contribution in [1.82, 2.24) is 4.90 Å². The summed E-state index contributed by atoms with van der Waals surface area (Å²) < 4.78 is 0. The summed E-state index contributed by atoms with van der Waals surface area (Å²) >= 11 is 0. The normalized spacial score (nSPS) is 23.4. The molecule has 12 heavy (non-hydrogen) atoms. The van der Waals surface area contributed by atoms with Gasteiger partial charge in [-0.25, -0.2) is 0 Å². The Hall–Kier alpha value is -0.980. The van der Waals surface area contributed by atoms with Crippen LogP contribution in [0.4, 0.5) is 0 Å². The first-order valence-electron chi connectivity index (χ1n) is 4.55. The smallest absolute Gasteiger partial charge is 0.0487 e. The molecular formula is C11H17N. The van der Waals surface area contributed by atoms with Crippen LogP contribution in [0.1, 0.15) is 27.2 Å². The van der Waals surface area contributed by atoms with Gasteiger partial charge in [0.1, 0.15) is 0 Å². The molecule has 0 aliphatic carbocycles. The zero-order valence-corrected chi connectivity index (χ0v) is 8.12. The predicted octanol–water partition coefficient (Wildman–Crippen LogP) is 3.07. The van der Waals surface area contributed by atoms with Gasteiger partial charge in [0.2, 0.25) is 0 Å². The Kier molecular flexibility index (Phi) is 3.15. The molecule has 1 unspecified atom stereocenters. The standard InChI is InChI=1S/C11H17N/c1-4-7-10(2)12-9-6-5-8-11(12)3/h5-9,11H,4H2,1-3H3/b10-7-. The zero-order chi connectivity index (χ0) is 8.97. The second-order valence-electron chi connectivity index (χ2n) is 3.13. The first-order valence-corrected chi connectivity index (χ1v) is 4.55. The summed E-state index contributed by atoms with van der Waals surface area (Å²) in [5.41, 5.74) is 1.34. The molecular weight excluding hydrogens is 146 g/mol. The van der Waals surface area contributed by atoms with Crippen molar-refractivity contribution in [3.63, 3.8) is 0 Å². The maximum atomic E-state index is 2.28. The van der Waals surface area contributed by atoms with E-state index >= 15 is 0 Å². The first-order chi connectivity index (χ1) is 5.75. The number of hydrogen-bond donors (Lipinski definition) is 0. The minimum atomic E-state index is 0.498. The van der Waals surface area contributed by atoms with Crippen LogP contribution in [0.5, 0.6) is 0 Å². The predicted molar refractivity (Wildman–Crippen MR) is 53.6 cm³/mol. The Morgan fingerprint density at radius 2 is 2.25 bits per heavy atom. The molecule has 0 fully saturated rings. The SMILES string of the molecule is CC/C=C(/C)N1C=CC=CC1C.